The molecule has 1 amide bonds. The van der Waals surface area contributed by atoms with E-state index in [0.29, 0.717) is 17.3 Å². The Bertz CT molecular complexity index is 934. The van der Waals surface area contributed by atoms with Crippen LogP contribution in [-0.4, -0.2) is 32.3 Å². The molecule has 128 valence electrons. The van der Waals surface area contributed by atoms with Gasteiger partial charge in [-0.3, -0.25) is 4.79 Å². The highest BCUT2D eigenvalue weighted by Gasteiger charge is 2.15. The quantitative estimate of drug-likeness (QED) is 0.552. The van der Waals surface area contributed by atoms with Gasteiger partial charge in [-0.25, -0.2) is 9.37 Å². The zero-order valence-electron chi connectivity index (χ0n) is 14.0. The number of aryl methyl sites for hydroxylation is 1. The summed E-state index contributed by atoms with van der Waals surface area (Å²) in [5, 5.41) is 7.18. The number of H-pyrrole nitrogens is 1. The first-order chi connectivity index (χ1) is 12.1. The van der Waals surface area contributed by atoms with E-state index in [9.17, 15) is 9.18 Å². The van der Waals surface area contributed by atoms with Gasteiger partial charge in [0.1, 0.15) is 12.5 Å². The summed E-state index contributed by atoms with van der Waals surface area (Å²) in [6.07, 6.45) is 4.36. The maximum Gasteiger partial charge on any atom is 0.256 e. The second-order valence-electron chi connectivity index (χ2n) is 5.42. The van der Waals surface area contributed by atoms with Gasteiger partial charge in [0.25, 0.3) is 5.91 Å². The van der Waals surface area contributed by atoms with Gasteiger partial charge in [-0.05, 0) is 26.0 Å². The Morgan fingerprint density at radius 1 is 1.40 bits per heavy atom. The van der Waals surface area contributed by atoms with E-state index in [0.717, 1.165) is 16.7 Å². The second-order valence-corrected chi connectivity index (χ2v) is 5.42. The van der Waals surface area contributed by atoms with Crippen LogP contribution in [0.15, 0.2) is 54.1 Å². The van der Waals surface area contributed by atoms with Crippen molar-refractivity contribution in [3.8, 4) is 5.95 Å². The van der Waals surface area contributed by atoms with Crippen LogP contribution < -0.4 is 5.32 Å². The molecule has 6 nitrogen and oxygen atoms in total. The van der Waals surface area contributed by atoms with E-state index in [1.54, 1.807) is 23.7 Å². The molecule has 2 aromatic heterocycles. The van der Waals surface area contributed by atoms with Crippen molar-refractivity contribution in [2.75, 3.05) is 12.0 Å². The molecule has 3 rings (SSSR count). The number of amides is 1. The molecular weight excluding hydrogens is 321 g/mol. The molecular formula is C18H18FN5O. The maximum absolute atomic E-state index is 12.4. The van der Waals surface area contributed by atoms with E-state index in [-0.39, 0.29) is 5.91 Å². The van der Waals surface area contributed by atoms with Crippen LogP contribution in [0.2, 0.25) is 0 Å². The number of benzene rings is 1. The molecule has 2 heterocycles. The van der Waals surface area contributed by atoms with E-state index in [4.69, 9.17) is 0 Å². The van der Waals surface area contributed by atoms with Crippen molar-refractivity contribution in [2.24, 2.45) is 0 Å². The van der Waals surface area contributed by atoms with Crippen LogP contribution in [0.3, 0.4) is 0 Å². The Balaban J connectivity index is 1.93. The van der Waals surface area contributed by atoms with Crippen LogP contribution in [-0.2, 0) is 4.79 Å². The van der Waals surface area contributed by atoms with Crippen LogP contribution >= 0.6 is 0 Å². The third-order valence-electron chi connectivity index (χ3n) is 3.61. The van der Waals surface area contributed by atoms with E-state index in [1.807, 2.05) is 31.2 Å². The van der Waals surface area contributed by atoms with Crippen molar-refractivity contribution in [3.05, 3.63) is 59.8 Å². The molecule has 7 heteroatoms. The average Bonchev–Trinajstić information content (AvgIpc) is 3.18. The summed E-state index contributed by atoms with van der Waals surface area (Å²) in [6, 6.07) is 9.37. The van der Waals surface area contributed by atoms with Crippen molar-refractivity contribution >= 4 is 22.8 Å². The number of allylic oxidation sites excluding steroid dienone is 2. The number of hydrogen-bond donors (Lipinski definition) is 2. The highest BCUT2D eigenvalue weighted by molar-refractivity contribution is 6.05. The first kappa shape index (κ1) is 16.6. The normalized spacial score (nSPS) is 12.2. The van der Waals surface area contributed by atoms with Gasteiger partial charge in [0.15, 0.2) is 0 Å². The van der Waals surface area contributed by atoms with Gasteiger partial charge in [0.2, 0.25) is 5.95 Å². The number of alkyl halides is 1. The standard InChI is InChI=1S/C18H18FN5O/c1-3-13(7-6-10-19)17(25)22-16-11-12(2)23-24(16)18-20-14-8-4-5-9-15(14)21-18/h3-9,11H,10H2,1-2H3,(H,20,21)(H,22,25)/b7-6-,13-3+. The Labute approximate surface area is 144 Å². The number of aromatic amines is 1. The summed E-state index contributed by atoms with van der Waals surface area (Å²) in [5.41, 5.74) is 2.79. The molecule has 0 aliphatic carbocycles. The summed E-state index contributed by atoms with van der Waals surface area (Å²) < 4.78 is 13.8. The molecule has 2 N–H and O–H groups in total. The van der Waals surface area contributed by atoms with E-state index in [2.05, 4.69) is 20.4 Å². The fourth-order valence-corrected chi connectivity index (χ4v) is 2.45. The monoisotopic (exact) mass is 339 g/mol. The number of nitrogens with zero attached hydrogens (tertiary/aromatic N) is 3. The van der Waals surface area contributed by atoms with Gasteiger partial charge in [-0.2, -0.15) is 9.78 Å². The van der Waals surface area contributed by atoms with Crippen molar-refractivity contribution < 1.29 is 9.18 Å². The van der Waals surface area contributed by atoms with Crippen molar-refractivity contribution in [3.63, 3.8) is 0 Å². The number of imidazole rings is 1. The van der Waals surface area contributed by atoms with Crippen LogP contribution in [0.4, 0.5) is 10.2 Å². The number of carbonyl (C=O) groups excluding carboxylic acids is 1. The largest absolute Gasteiger partial charge is 0.322 e. The third kappa shape index (κ3) is 3.50. The number of fused-ring (bicyclic) bond motifs is 1. The van der Waals surface area contributed by atoms with Gasteiger partial charge in [0, 0.05) is 11.6 Å². The van der Waals surface area contributed by atoms with Crippen molar-refractivity contribution in [1.29, 1.82) is 0 Å². The summed E-state index contributed by atoms with van der Waals surface area (Å²) in [5.74, 6) is 0.643. The van der Waals surface area contributed by atoms with Crippen LogP contribution in [0.1, 0.15) is 12.6 Å². The van der Waals surface area contributed by atoms with Crippen LogP contribution in [0.25, 0.3) is 17.0 Å². The van der Waals surface area contributed by atoms with Crippen LogP contribution in [0.5, 0.6) is 0 Å². The third-order valence-corrected chi connectivity index (χ3v) is 3.61. The van der Waals surface area contributed by atoms with Gasteiger partial charge < -0.3 is 10.3 Å². The smallest absolute Gasteiger partial charge is 0.256 e. The minimum Gasteiger partial charge on any atom is -0.322 e. The molecule has 0 unspecified atom stereocenters. The van der Waals surface area contributed by atoms with Gasteiger partial charge in [-0.1, -0.05) is 30.4 Å². The number of rotatable bonds is 5. The lowest BCUT2D eigenvalue weighted by Crippen LogP contribution is -2.16. The minimum atomic E-state index is -0.624. The fraction of sp³-hybridized carbons (Fsp3) is 0.167. The summed E-state index contributed by atoms with van der Waals surface area (Å²) >= 11 is 0. The summed E-state index contributed by atoms with van der Waals surface area (Å²) in [6.45, 7) is 2.92. The van der Waals surface area contributed by atoms with E-state index in [1.165, 1.54) is 12.2 Å². The molecule has 0 bridgehead atoms. The predicted octanol–water partition coefficient (Wildman–Crippen LogP) is 3.47. The zero-order chi connectivity index (χ0) is 17.8. The number of anilines is 1. The van der Waals surface area contributed by atoms with E-state index < -0.39 is 6.67 Å². The molecule has 1 aromatic carbocycles. The molecule has 0 saturated heterocycles. The van der Waals surface area contributed by atoms with E-state index >= 15 is 0 Å². The van der Waals surface area contributed by atoms with Crippen molar-refractivity contribution in [2.45, 2.75) is 13.8 Å². The molecule has 0 spiro atoms. The second kappa shape index (κ2) is 7.12. The first-order valence-electron chi connectivity index (χ1n) is 7.84. The Kier molecular flexibility index (Phi) is 4.74. The highest BCUT2D eigenvalue weighted by Crippen LogP contribution is 2.19. The lowest BCUT2D eigenvalue weighted by atomic mass is 10.2. The zero-order valence-corrected chi connectivity index (χ0v) is 14.0. The predicted molar refractivity (Wildman–Crippen MR) is 95.5 cm³/mol. The molecule has 3 aromatic rings. The lowest BCUT2D eigenvalue weighted by molar-refractivity contribution is -0.112. The molecule has 0 saturated carbocycles. The summed E-state index contributed by atoms with van der Waals surface area (Å²) in [4.78, 5) is 20.1. The van der Waals surface area contributed by atoms with Gasteiger partial charge in [-0.15, -0.1) is 0 Å². The maximum atomic E-state index is 12.4. The number of para-hydroxylation sites is 2. The molecule has 0 aliphatic heterocycles. The number of nitrogens with one attached hydrogen (secondary N) is 2. The Hall–Kier alpha value is -3.22. The molecule has 25 heavy (non-hydrogen) atoms. The number of carbonyl (C=O) groups is 1. The molecule has 0 aliphatic rings. The number of halogens is 1. The lowest BCUT2D eigenvalue weighted by Gasteiger charge is -2.07. The minimum absolute atomic E-state index is 0.343. The Morgan fingerprint density at radius 3 is 2.92 bits per heavy atom. The fourth-order valence-electron chi connectivity index (χ4n) is 2.45. The van der Waals surface area contributed by atoms with Gasteiger partial charge >= 0.3 is 0 Å². The topological polar surface area (TPSA) is 75.6 Å². The average molecular weight is 339 g/mol. The first-order valence-corrected chi connectivity index (χ1v) is 7.84. The number of aromatic nitrogens is 4. The van der Waals surface area contributed by atoms with Crippen LogP contribution in [0, 0.1) is 6.92 Å². The Morgan fingerprint density at radius 2 is 2.20 bits per heavy atom. The highest BCUT2D eigenvalue weighted by atomic mass is 19.1. The SMILES string of the molecule is C/C=C(\C=C/CF)C(=O)Nc1cc(C)nn1-c1nc2ccccc2[nH]1. The number of hydrogen-bond acceptors (Lipinski definition) is 3. The molecule has 0 fully saturated rings. The molecule has 0 atom stereocenters. The van der Waals surface area contributed by atoms with Gasteiger partial charge in [0.05, 0.1) is 16.7 Å². The van der Waals surface area contributed by atoms with Crippen molar-refractivity contribution in [1.82, 2.24) is 19.7 Å². The summed E-state index contributed by atoms with van der Waals surface area (Å²) in [7, 11) is 0. The molecule has 0 radical (unpaired) electrons.